The zero-order chi connectivity index (χ0) is 13.6. The first kappa shape index (κ1) is 11.6. The van der Waals surface area contributed by atoms with E-state index in [2.05, 4.69) is 4.98 Å². The van der Waals surface area contributed by atoms with Gasteiger partial charge in [0.1, 0.15) is 5.52 Å². The first-order valence-electron chi connectivity index (χ1n) is 6.08. The van der Waals surface area contributed by atoms with Gasteiger partial charge in [-0.2, -0.15) is 0 Å². The van der Waals surface area contributed by atoms with Crippen LogP contribution in [0.2, 0.25) is 0 Å². The number of rotatable bonds is 1. The molecule has 3 aromatic rings. The van der Waals surface area contributed by atoms with E-state index in [-0.39, 0.29) is 0 Å². The summed E-state index contributed by atoms with van der Waals surface area (Å²) in [7, 11) is 0. The molecule has 1 heterocycles. The predicted octanol–water partition coefficient (Wildman–Crippen LogP) is 3.28. The molecule has 96 valence electrons. The first-order valence-corrected chi connectivity index (χ1v) is 6.08. The van der Waals surface area contributed by atoms with Crippen molar-refractivity contribution in [3.05, 3.63) is 41.5 Å². The highest BCUT2D eigenvalue weighted by atomic mass is 16.3. The number of hydrogen-bond donors (Lipinski definition) is 2. The fourth-order valence-corrected chi connectivity index (χ4v) is 2.13. The first-order chi connectivity index (χ1) is 9.04. The molecule has 0 aliphatic rings. The Morgan fingerprint density at radius 2 is 1.79 bits per heavy atom. The van der Waals surface area contributed by atoms with Crippen molar-refractivity contribution in [1.29, 1.82) is 0 Å². The fraction of sp³-hybridized carbons (Fsp3) is 0.133. The van der Waals surface area contributed by atoms with Crippen molar-refractivity contribution < 1.29 is 4.42 Å². The highest BCUT2D eigenvalue weighted by molar-refractivity contribution is 5.81. The zero-order valence-electron chi connectivity index (χ0n) is 10.9. The maximum Gasteiger partial charge on any atom is 0.227 e. The normalized spacial score (nSPS) is 11.1. The maximum absolute atomic E-state index is 5.89. The van der Waals surface area contributed by atoms with E-state index >= 15 is 0 Å². The predicted molar refractivity (Wildman–Crippen MR) is 77.7 cm³/mol. The highest BCUT2D eigenvalue weighted by Gasteiger charge is 2.11. The fourth-order valence-electron chi connectivity index (χ4n) is 2.13. The van der Waals surface area contributed by atoms with Gasteiger partial charge in [0.05, 0.1) is 0 Å². The Bertz CT molecular complexity index is 735. The Labute approximate surface area is 111 Å². The molecular weight excluding hydrogens is 238 g/mol. The largest absolute Gasteiger partial charge is 0.436 e. The Kier molecular flexibility index (Phi) is 2.45. The Hall–Kier alpha value is -2.49. The molecule has 0 atom stereocenters. The molecule has 0 unspecified atom stereocenters. The van der Waals surface area contributed by atoms with Gasteiger partial charge in [0, 0.05) is 16.9 Å². The van der Waals surface area contributed by atoms with Crippen LogP contribution in [0.1, 0.15) is 11.1 Å². The van der Waals surface area contributed by atoms with Crippen molar-refractivity contribution in [2.45, 2.75) is 13.8 Å². The van der Waals surface area contributed by atoms with Crippen LogP contribution < -0.4 is 11.5 Å². The molecule has 0 bridgehead atoms. The number of hydrogen-bond acceptors (Lipinski definition) is 4. The molecule has 2 aromatic carbocycles. The number of aromatic nitrogens is 1. The summed E-state index contributed by atoms with van der Waals surface area (Å²) in [6, 6.07) is 9.42. The van der Waals surface area contributed by atoms with Gasteiger partial charge in [-0.15, -0.1) is 0 Å². The molecule has 4 heteroatoms. The molecular formula is C15H15N3O. The lowest BCUT2D eigenvalue weighted by atomic mass is 10.1. The molecule has 0 spiro atoms. The van der Waals surface area contributed by atoms with Crippen molar-refractivity contribution >= 4 is 22.5 Å². The number of benzene rings is 2. The maximum atomic E-state index is 5.89. The summed E-state index contributed by atoms with van der Waals surface area (Å²) in [5, 5.41) is 0. The molecule has 0 aliphatic heterocycles. The molecule has 0 amide bonds. The second-order valence-corrected chi connectivity index (χ2v) is 4.77. The van der Waals surface area contributed by atoms with Gasteiger partial charge in [0.2, 0.25) is 5.89 Å². The van der Waals surface area contributed by atoms with Crippen molar-refractivity contribution in [1.82, 2.24) is 4.98 Å². The van der Waals surface area contributed by atoms with Crippen LogP contribution in [-0.4, -0.2) is 4.98 Å². The molecule has 0 fully saturated rings. The third kappa shape index (κ3) is 1.91. The van der Waals surface area contributed by atoms with Gasteiger partial charge in [-0.25, -0.2) is 4.98 Å². The van der Waals surface area contributed by atoms with Gasteiger partial charge >= 0.3 is 0 Å². The van der Waals surface area contributed by atoms with Gasteiger partial charge in [0.25, 0.3) is 0 Å². The SMILES string of the molecule is Cc1cc2oc(-c3ccc(N)cc3C)nc2cc1N. The van der Waals surface area contributed by atoms with Crippen LogP contribution in [0.25, 0.3) is 22.6 Å². The molecule has 0 saturated carbocycles. The van der Waals surface area contributed by atoms with Crippen LogP contribution in [0.15, 0.2) is 34.7 Å². The third-order valence-electron chi connectivity index (χ3n) is 3.26. The van der Waals surface area contributed by atoms with E-state index in [0.29, 0.717) is 5.89 Å². The van der Waals surface area contributed by atoms with Crippen molar-refractivity contribution in [2.24, 2.45) is 0 Å². The highest BCUT2D eigenvalue weighted by Crippen LogP contribution is 2.29. The summed E-state index contributed by atoms with van der Waals surface area (Å²) in [6.45, 7) is 3.94. The average molecular weight is 253 g/mol. The lowest BCUT2D eigenvalue weighted by Crippen LogP contribution is -1.89. The zero-order valence-corrected chi connectivity index (χ0v) is 10.9. The van der Waals surface area contributed by atoms with Crippen molar-refractivity contribution in [3.63, 3.8) is 0 Å². The molecule has 1 aromatic heterocycles. The van der Waals surface area contributed by atoms with Gasteiger partial charge in [-0.05, 0) is 55.3 Å². The second-order valence-electron chi connectivity index (χ2n) is 4.77. The molecule has 4 nitrogen and oxygen atoms in total. The minimum atomic E-state index is 0.595. The summed E-state index contributed by atoms with van der Waals surface area (Å²) in [4.78, 5) is 4.49. The topological polar surface area (TPSA) is 78.1 Å². The number of nitrogen functional groups attached to an aromatic ring is 2. The van der Waals surface area contributed by atoms with Gasteiger partial charge in [-0.3, -0.25) is 0 Å². The summed E-state index contributed by atoms with van der Waals surface area (Å²) < 4.78 is 5.80. The lowest BCUT2D eigenvalue weighted by Gasteiger charge is -2.01. The van der Waals surface area contributed by atoms with Crippen LogP contribution in [0.4, 0.5) is 11.4 Å². The van der Waals surface area contributed by atoms with Crippen molar-refractivity contribution in [3.8, 4) is 11.5 Å². The monoisotopic (exact) mass is 253 g/mol. The van der Waals surface area contributed by atoms with Gasteiger partial charge in [-0.1, -0.05) is 0 Å². The summed E-state index contributed by atoms with van der Waals surface area (Å²) >= 11 is 0. The van der Waals surface area contributed by atoms with E-state index in [9.17, 15) is 0 Å². The number of fused-ring (bicyclic) bond motifs is 1. The molecule has 0 aliphatic carbocycles. The summed E-state index contributed by atoms with van der Waals surface area (Å²) in [5.41, 5.74) is 17.6. The quantitative estimate of drug-likeness (QED) is 0.652. The van der Waals surface area contributed by atoms with E-state index < -0.39 is 0 Å². The van der Waals surface area contributed by atoms with Crippen LogP contribution in [0, 0.1) is 13.8 Å². The third-order valence-corrected chi connectivity index (χ3v) is 3.26. The minimum Gasteiger partial charge on any atom is -0.436 e. The Morgan fingerprint density at radius 1 is 1.00 bits per heavy atom. The number of nitrogens with two attached hydrogens (primary N) is 2. The smallest absolute Gasteiger partial charge is 0.227 e. The molecule has 19 heavy (non-hydrogen) atoms. The van der Waals surface area contributed by atoms with E-state index in [1.807, 2.05) is 44.2 Å². The second kappa shape index (κ2) is 4.02. The Balaban J connectivity index is 2.20. The van der Waals surface area contributed by atoms with Crippen LogP contribution in [0.5, 0.6) is 0 Å². The lowest BCUT2D eigenvalue weighted by molar-refractivity contribution is 0.619. The number of aryl methyl sites for hydroxylation is 2. The van der Waals surface area contributed by atoms with Crippen LogP contribution in [-0.2, 0) is 0 Å². The summed E-state index contributed by atoms with van der Waals surface area (Å²) in [5.74, 6) is 0.595. The molecule has 4 N–H and O–H groups in total. The van der Waals surface area contributed by atoms with E-state index in [4.69, 9.17) is 15.9 Å². The Morgan fingerprint density at radius 3 is 2.53 bits per heavy atom. The number of anilines is 2. The van der Waals surface area contributed by atoms with E-state index in [0.717, 1.165) is 39.2 Å². The number of oxazole rings is 1. The number of nitrogens with zero attached hydrogens (tertiary/aromatic N) is 1. The van der Waals surface area contributed by atoms with Crippen LogP contribution >= 0.6 is 0 Å². The van der Waals surface area contributed by atoms with Crippen molar-refractivity contribution in [2.75, 3.05) is 11.5 Å². The van der Waals surface area contributed by atoms with E-state index in [1.165, 1.54) is 0 Å². The van der Waals surface area contributed by atoms with Crippen LogP contribution in [0.3, 0.4) is 0 Å². The molecule has 0 radical (unpaired) electrons. The van der Waals surface area contributed by atoms with Gasteiger partial charge < -0.3 is 15.9 Å². The minimum absolute atomic E-state index is 0.595. The standard InChI is InChI=1S/C15H15N3O/c1-8-5-10(16)3-4-11(8)15-18-13-7-12(17)9(2)6-14(13)19-15/h3-7H,16-17H2,1-2H3. The summed E-state index contributed by atoms with van der Waals surface area (Å²) in [6.07, 6.45) is 0. The molecule has 3 rings (SSSR count). The van der Waals surface area contributed by atoms with Gasteiger partial charge in [0.15, 0.2) is 5.58 Å². The van der Waals surface area contributed by atoms with E-state index in [1.54, 1.807) is 0 Å². The molecule has 0 saturated heterocycles. The average Bonchev–Trinajstić information content (AvgIpc) is 2.72.